The molecule has 0 aliphatic rings. The molecule has 2 rings (SSSR count). The van der Waals surface area contributed by atoms with Gasteiger partial charge in [0.25, 0.3) is 5.91 Å². The van der Waals surface area contributed by atoms with Crippen molar-refractivity contribution in [2.45, 2.75) is 33.2 Å². The predicted molar refractivity (Wildman–Crippen MR) is 86.9 cm³/mol. The summed E-state index contributed by atoms with van der Waals surface area (Å²) in [6, 6.07) is 8.71. The number of carbonyl (C=O) groups excluding carboxylic acids is 2. The second kappa shape index (κ2) is 7.58. The van der Waals surface area contributed by atoms with E-state index in [0.29, 0.717) is 18.2 Å². The molecule has 2 N–H and O–H groups in total. The topological polar surface area (TPSA) is 84.2 Å². The van der Waals surface area contributed by atoms with Gasteiger partial charge >= 0.3 is 0 Å². The number of hydrogen-bond donors (Lipinski definition) is 2. The fourth-order valence-corrected chi connectivity index (χ4v) is 2.04. The zero-order valence-electron chi connectivity index (χ0n) is 13.6. The Kier molecular flexibility index (Phi) is 5.51. The van der Waals surface area contributed by atoms with Gasteiger partial charge in [-0.1, -0.05) is 25.1 Å². The van der Waals surface area contributed by atoms with Gasteiger partial charge < -0.3 is 15.1 Å². The lowest BCUT2D eigenvalue weighted by Crippen LogP contribution is -2.45. The van der Waals surface area contributed by atoms with E-state index in [4.69, 9.17) is 4.42 Å². The van der Waals surface area contributed by atoms with Crippen LogP contribution in [0.2, 0.25) is 0 Å². The van der Waals surface area contributed by atoms with E-state index in [2.05, 4.69) is 15.6 Å². The Bertz CT molecular complexity index is 680. The Hall–Kier alpha value is -2.63. The molecule has 1 heterocycles. The largest absolute Gasteiger partial charge is 0.441 e. The number of benzene rings is 1. The fraction of sp³-hybridized carbons (Fsp3) is 0.353. The molecule has 1 atom stereocenters. The average molecular weight is 315 g/mol. The van der Waals surface area contributed by atoms with Crippen molar-refractivity contribution in [3.63, 3.8) is 0 Å². The maximum absolute atomic E-state index is 12.3. The summed E-state index contributed by atoms with van der Waals surface area (Å²) in [6.07, 6.45) is 0.842. The Balaban J connectivity index is 2.08. The molecule has 0 saturated carbocycles. The van der Waals surface area contributed by atoms with Gasteiger partial charge in [-0.3, -0.25) is 9.59 Å². The number of carbonyl (C=O) groups is 2. The minimum absolute atomic E-state index is 0.194. The summed E-state index contributed by atoms with van der Waals surface area (Å²) < 4.78 is 5.56. The highest BCUT2D eigenvalue weighted by Crippen LogP contribution is 2.21. The Morgan fingerprint density at radius 3 is 2.61 bits per heavy atom. The third kappa shape index (κ3) is 4.18. The van der Waals surface area contributed by atoms with Crippen LogP contribution < -0.4 is 10.6 Å². The van der Waals surface area contributed by atoms with Crippen LogP contribution in [0, 0.1) is 6.92 Å². The van der Waals surface area contributed by atoms with Gasteiger partial charge in [-0.2, -0.15) is 0 Å². The highest BCUT2D eigenvalue weighted by atomic mass is 16.4. The first-order chi connectivity index (χ1) is 11.0. The smallest absolute Gasteiger partial charge is 0.274 e. The fourth-order valence-electron chi connectivity index (χ4n) is 2.04. The number of nitrogens with zero attached hydrogens (tertiary/aromatic N) is 1. The zero-order valence-corrected chi connectivity index (χ0v) is 13.6. The molecule has 0 bridgehead atoms. The summed E-state index contributed by atoms with van der Waals surface area (Å²) in [5.74, 6) is 0.163. The lowest BCUT2D eigenvalue weighted by atomic mass is 10.2. The van der Waals surface area contributed by atoms with Crippen molar-refractivity contribution in [3.8, 4) is 11.5 Å². The van der Waals surface area contributed by atoms with Crippen LogP contribution >= 0.6 is 0 Å². The van der Waals surface area contributed by atoms with Crippen LogP contribution in [0.4, 0.5) is 0 Å². The normalized spacial score (nSPS) is 11.8. The highest BCUT2D eigenvalue weighted by Gasteiger charge is 2.21. The number of nitrogens with one attached hydrogen (secondary N) is 2. The first-order valence-corrected chi connectivity index (χ1v) is 7.64. The second-order valence-corrected chi connectivity index (χ2v) is 5.28. The van der Waals surface area contributed by atoms with Gasteiger partial charge in [-0.05, 0) is 32.4 Å². The van der Waals surface area contributed by atoms with E-state index >= 15 is 0 Å². The highest BCUT2D eigenvalue weighted by molar-refractivity contribution is 5.97. The monoisotopic (exact) mass is 315 g/mol. The molecule has 122 valence electrons. The minimum atomic E-state index is -0.634. The van der Waals surface area contributed by atoms with Crippen molar-refractivity contribution in [2.75, 3.05) is 6.54 Å². The number of aryl methyl sites for hydroxylation is 1. The second-order valence-electron chi connectivity index (χ2n) is 5.28. The molecule has 0 radical (unpaired) electrons. The Labute approximate surface area is 135 Å². The summed E-state index contributed by atoms with van der Waals surface area (Å²) in [4.78, 5) is 28.3. The van der Waals surface area contributed by atoms with E-state index in [1.165, 1.54) is 0 Å². The molecule has 0 saturated heterocycles. The Morgan fingerprint density at radius 2 is 1.96 bits per heavy atom. The molecule has 0 aliphatic carbocycles. The third-order valence-corrected chi connectivity index (χ3v) is 3.32. The molecule has 2 aromatic rings. The summed E-state index contributed by atoms with van der Waals surface area (Å²) in [6.45, 7) is 5.86. The third-order valence-electron chi connectivity index (χ3n) is 3.32. The first kappa shape index (κ1) is 16.7. The number of aromatic nitrogens is 1. The summed E-state index contributed by atoms with van der Waals surface area (Å²) in [7, 11) is 0. The zero-order chi connectivity index (χ0) is 16.8. The number of hydrogen-bond acceptors (Lipinski definition) is 4. The quantitative estimate of drug-likeness (QED) is 0.856. The molecule has 1 aromatic carbocycles. The number of rotatable bonds is 6. The van der Waals surface area contributed by atoms with Crippen LogP contribution in [0.25, 0.3) is 11.5 Å². The molecule has 2 amide bonds. The number of oxazole rings is 1. The molecule has 0 spiro atoms. The number of amides is 2. The van der Waals surface area contributed by atoms with Gasteiger partial charge in [0, 0.05) is 12.1 Å². The van der Waals surface area contributed by atoms with Crippen molar-refractivity contribution in [1.82, 2.24) is 15.6 Å². The molecule has 23 heavy (non-hydrogen) atoms. The van der Waals surface area contributed by atoms with Crippen molar-refractivity contribution < 1.29 is 14.0 Å². The van der Waals surface area contributed by atoms with Crippen molar-refractivity contribution in [2.24, 2.45) is 0 Å². The standard InChI is InChI=1S/C17H21N3O3/c1-4-10-18-15(21)11(2)19-16(22)14-12(3)23-17(20-14)13-8-6-5-7-9-13/h5-9,11H,4,10H2,1-3H3,(H,18,21)(H,19,22). The van der Waals surface area contributed by atoms with E-state index in [1.54, 1.807) is 13.8 Å². The molecule has 6 nitrogen and oxygen atoms in total. The Morgan fingerprint density at radius 1 is 1.26 bits per heavy atom. The molecule has 6 heteroatoms. The van der Waals surface area contributed by atoms with Gasteiger partial charge in [0.05, 0.1) is 0 Å². The van der Waals surface area contributed by atoms with Crippen LogP contribution in [0.15, 0.2) is 34.7 Å². The molecular weight excluding hydrogens is 294 g/mol. The van der Waals surface area contributed by atoms with Crippen LogP contribution in [0.1, 0.15) is 36.5 Å². The van der Waals surface area contributed by atoms with Gasteiger partial charge in [0.15, 0.2) is 5.69 Å². The van der Waals surface area contributed by atoms with Crippen molar-refractivity contribution in [3.05, 3.63) is 41.8 Å². The summed E-state index contributed by atoms with van der Waals surface area (Å²) in [5.41, 5.74) is 0.988. The molecule has 1 unspecified atom stereocenters. The molecular formula is C17H21N3O3. The van der Waals surface area contributed by atoms with E-state index in [0.717, 1.165) is 12.0 Å². The lowest BCUT2D eigenvalue weighted by molar-refractivity contribution is -0.122. The van der Waals surface area contributed by atoms with Crippen LogP contribution in [-0.4, -0.2) is 29.4 Å². The summed E-state index contributed by atoms with van der Waals surface area (Å²) in [5, 5.41) is 5.37. The van der Waals surface area contributed by atoms with E-state index in [1.807, 2.05) is 37.3 Å². The SMILES string of the molecule is CCCNC(=O)C(C)NC(=O)c1nc(-c2ccccc2)oc1C. The van der Waals surface area contributed by atoms with E-state index in [9.17, 15) is 9.59 Å². The van der Waals surface area contributed by atoms with Crippen molar-refractivity contribution >= 4 is 11.8 Å². The predicted octanol–water partition coefficient (Wildman–Crippen LogP) is 2.29. The van der Waals surface area contributed by atoms with Crippen LogP contribution in [0.3, 0.4) is 0 Å². The van der Waals surface area contributed by atoms with Gasteiger partial charge in [-0.25, -0.2) is 4.98 Å². The maximum Gasteiger partial charge on any atom is 0.274 e. The van der Waals surface area contributed by atoms with Gasteiger partial charge in [-0.15, -0.1) is 0 Å². The molecule has 0 fully saturated rings. The maximum atomic E-state index is 12.3. The van der Waals surface area contributed by atoms with Gasteiger partial charge in [0.2, 0.25) is 11.8 Å². The molecule has 0 aliphatic heterocycles. The van der Waals surface area contributed by atoms with Crippen molar-refractivity contribution in [1.29, 1.82) is 0 Å². The van der Waals surface area contributed by atoms with Gasteiger partial charge in [0.1, 0.15) is 11.8 Å². The molecule has 1 aromatic heterocycles. The van der Waals surface area contributed by atoms with E-state index in [-0.39, 0.29) is 11.6 Å². The van der Waals surface area contributed by atoms with E-state index < -0.39 is 11.9 Å². The average Bonchev–Trinajstić information content (AvgIpc) is 2.95. The lowest BCUT2D eigenvalue weighted by Gasteiger charge is -2.12. The first-order valence-electron chi connectivity index (χ1n) is 7.64. The van der Waals surface area contributed by atoms with Crippen LogP contribution in [0.5, 0.6) is 0 Å². The minimum Gasteiger partial charge on any atom is -0.441 e. The summed E-state index contributed by atoms with van der Waals surface area (Å²) >= 11 is 0. The van der Waals surface area contributed by atoms with Crippen LogP contribution in [-0.2, 0) is 4.79 Å².